The molecular formula is C46H64N4O8S6. The maximum absolute atomic E-state index is 14.0. The quantitative estimate of drug-likeness (QED) is 0.171. The van der Waals surface area contributed by atoms with Gasteiger partial charge in [-0.2, -0.15) is 40.7 Å². The minimum absolute atomic E-state index is 0.199. The highest BCUT2D eigenvalue weighted by molar-refractivity contribution is 7.99. The molecule has 12 nitrogen and oxygen atoms in total. The van der Waals surface area contributed by atoms with E-state index in [0.29, 0.717) is 61.5 Å². The maximum Gasteiger partial charge on any atom is 0.243 e. The zero-order chi connectivity index (χ0) is 46.4. The van der Waals surface area contributed by atoms with E-state index in [4.69, 9.17) is 0 Å². The summed E-state index contributed by atoms with van der Waals surface area (Å²) in [7, 11) is -15.4. The highest BCUT2D eigenvalue weighted by atomic mass is 32.2. The van der Waals surface area contributed by atoms with Gasteiger partial charge in [0.05, 0.1) is 19.6 Å². The predicted molar refractivity (Wildman–Crippen MR) is 262 cm³/mol. The molecule has 0 aromatic heterocycles. The van der Waals surface area contributed by atoms with E-state index in [0.717, 1.165) is 22.3 Å². The molecule has 4 aromatic rings. The van der Waals surface area contributed by atoms with Crippen LogP contribution in [0.3, 0.4) is 0 Å². The topological polar surface area (TPSA) is 150 Å². The molecule has 4 aromatic carbocycles. The molecule has 0 amide bonds. The number of rotatable bonds is 8. The second-order valence-electron chi connectivity index (χ2n) is 16.2. The third-order valence-corrected chi connectivity index (χ3v) is 20.9. The van der Waals surface area contributed by atoms with Crippen LogP contribution in [0.15, 0.2) is 117 Å². The van der Waals surface area contributed by atoms with Crippen molar-refractivity contribution < 1.29 is 33.7 Å². The van der Waals surface area contributed by atoms with E-state index in [1.165, 1.54) is 17.2 Å². The Morgan fingerprint density at radius 2 is 0.500 bits per heavy atom. The third kappa shape index (κ3) is 14.6. The minimum atomic E-state index is -3.86. The number of hydrogen-bond acceptors (Lipinski definition) is 10. The molecule has 0 N–H and O–H groups in total. The molecule has 0 unspecified atom stereocenters. The molecule has 18 heteroatoms. The first-order valence-corrected chi connectivity index (χ1v) is 29.9. The standard InChI is InChI=1S/C46H64N4O8S6/c1-39-11-19-43(20-12-39)61(51,52)47-27-5-7-29-49(63(55,56)45-23-15-41(3)16-24-45)34-38-60-36-10-32-48(62(53,54)44-21-13-40(2)14-22-44)28-6-8-30-50(33-37-59-35-9-31-47)64(57,58)46-25-17-42(4)18-26-46/h11-26H,5-10,27-38H2,1-4H3. The molecule has 1 fully saturated rings. The van der Waals surface area contributed by atoms with Crippen LogP contribution in [-0.2, 0) is 40.1 Å². The average molecular weight is 993 g/mol. The van der Waals surface area contributed by atoms with Gasteiger partial charge in [-0.3, -0.25) is 0 Å². The van der Waals surface area contributed by atoms with Gasteiger partial charge in [-0.05, 0) is 126 Å². The van der Waals surface area contributed by atoms with Crippen molar-refractivity contribution in [3.05, 3.63) is 119 Å². The van der Waals surface area contributed by atoms with E-state index in [-0.39, 0.29) is 71.9 Å². The van der Waals surface area contributed by atoms with E-state index in [9.17, 15) is 33.7 Å². The fourth-order valence-electron chi connectivity index (χ4n) is 7.22. The predicted octanol–water partition coefficient (Wildman–Crippen LogP) is 7.80. The molecule has 1 aliphatic rings. The van der Waals surface area contributed by atoms with Crippen LogP contribution in [0.4, 0.5) is 0 Å². The molecule has 0 radical (unpaired) electrons. The van der Waals surface area contributed by atoms with Crippen LogP contribution in [-0.4, -0.2) is 126 Å². The summed E-state index contributed by atoms with van der Waals surface area (Å²) < 4.78 is 118. The highest BCUT2D eigenvalue weighted by Gasteiger charge is 2.29. The number of benzene rings is 4. The van der Waals surface area contributed by atoms with Gasteiger partial charge >= 0.3 is 0 Å². The molecule has 0 aliphatic carbocycles. The summed E-state index contributed by atoms with van der Waals surface area (Å²) in [6.07, 6.45) is 2.78. The lowest BCUT2D eigenvalue weighted by atomic mass is 10.2. The largest absolute Gasteiger partial charge is 0.243 e. The number of thioether (sulfide) groups is 2. The Bertz CT molecular complexity index is 2170. The van der Waals surface area contributed by atoms with Crippen LogP contribution >= 0.6 is 23.5 Å². The SMILES string of the molecule is Cc1ccc(S(=O)(=O)N2CCCCN(S(=O)(=O)c3ccc(C)cc3)CCSCCCN(S(=O)(=O)c3ccc(C)cc3)CCCCN(S(=O)(=O)c3ccc(C)cc3)CCSCCC2)cc1. The van der Waals surface area contributed by atoms with Crippen molar-refractivity contribution in [2.45, 2.75) is 85.8 Å². The van der Waals surface area contributed by atoms with Gasteiger partial charge in [0.15, 0.2) is 0 Å². The molecule has 64 heavy (non-hydrogen) atoms. The molecule has 1 aliphatic heterocycles. The lowest BCUT2D eigenvalue weighted by Gasteiger charge is -2.25. The second-order valence-corrected chi connectivity index (χ2v) is 26.4. The summed E-state index contributed by atoms with van der Waals surface area (Å²) >= 11 is 3.11. The molecule has 1 heterocycles. The first-order chi connectivity index (χ1) is 30.4. The van der Waals surface area contributed by atoms with Gasteiger partial charge in [-0.1, -0.05) is 70.8 Å². The number of hydrogen-bond donors (Lipinski definition) is 0. The molecule has 1 saturated heterocycles. The third-order valence-electron chi connectivity index (χ3n) is 11.1. The summed E-state index contributed by atoms with van der Waals surface area (Å²) in [5.41, 5.74) is 3.77. The monoisotopic (exact) mass is 992 g/mol. The van der Waals surface area contributed by atoms with Crippen LogP contribution in [0, 0.1) is 27.7 Å². The van der Waals surface area contributed by atoms with Crippen LogP contribution in [0.5, 0.6) is 0 Å². The van der Waals surface area contributed by atoms with Crippen LogP contribution in [0.2, 0.25) is 0 Å². The smallest absolute Gasteiger partial charge is 0.207 e. The summed E-state index contributed by atoms with van der Waals surface area (Å²) in [6.45, 7) is 9.38. The minimum Gasteiger partial charge on any atom is -0.207 e. The number of sulfonamides is 4. The van der Waals surface area contributed by atoms with Crippen molar-refractivity contribution in [2.75, 3.05) is 75.4 Å². The molecular weight excluding hydrogens is 929 g/mol. The molecule has 5 rings (SSSR count). The van der Waals surface area contributed by atoms with E-state index >= 15 is 0 Å². The van der Waals surface area contributed by atoms with Crippen molar-refractivity contribution >= 4 is 63.6 Å². The van der Waals surface area contributed by atoms with Gasteiger partial charge in [0.1, 0.15) is 0 Å². The van der Waals surface area contributed by atoms with E-state index < -0.39 is 40.1 Å². The Morgan fingerprint density at radius 3 is 0.734 bits per heavy atom. The summed E-state index contributed by atoms with van der Waals surface area (Å²) in [5.74, 6) is 2.13. The zero-order valence-corrected chi connectivity index (χ0v) is 42.4. The molecule has 0 spiro atoms. The van der Waals surface area contributed by atoms with Crippen molar-refractivity contribution in [1.29, 1.82) is 0 Å². The summed E-state index contributed by atoms with van der Waals surface area (Å²) in [5, 5.41) is 0. The van der Waals surface area contributed by atoms with Crippen molar-refractivity contribution in [1.82, 2.24) is 17.2 Å². The summed E-state index contributed by atoms with van der Waals surface area (Å²) in [4.78, 5) is 0.801. The Labute approximate surface area is 392 Å². The first kappa shape index (κ1) is 52.2. The normalized spacial score (nSPS) is 18.6. The Balaban J connectivity index is 1.37. The Hall–Kier alpha value is -2.78. The number of aryl methyl sites for hydroxylation is 4. The lowest BCUT2D eigenvalue weighted by molar-refractivity contribution is 0.374. The number of nitrogens with zero attached hydrogens (tertiary/aromatic N) is 4. The van der Waals surface area contributed by atoms with Crippen molar-refractivity contribution in [3.63, 3.8) is 0 Å². The maximum atomic E-state index is 14.0. The van der Waals surface area contributed by atoms with E-state index in [2.05, 4.69) is 0 Å². The average Bonchev–Trinajstić information content (AvgIpc) is 3.25. The van der Waals surface area contributed by atoms with Gasteiger partial charge in [0.25, 0.3) is 0 Å². The second kappa shape index (κ2) is 24.3. The van der Waals surface area contributed by atoms with Crippen molar-refractivity contribution in [3.8, 4) is 0 Å². The molecule has 0 atom stereocenters. The Morgan fingerprint density at radius 1 is 0.297 bits per heavy atom. The molecule has 352 valence electrons. The lowest BCUT2D eigenvalue weighted by Crippen LogP contribution is -2.36. The fourth-order valence-corrected chi connectivity index (χ4v) is 15.2. The highest BCUT2D eigenvalue weighted by Crippen LogP contribution is 2.24. The molecule has 0 bridgehead atoms. The fraction of sp³-hybridized carbons (Fsp3) is 0.478. The van der Waals surface area contributed by atoms with E-state index in [1.54, 1.807) is 121 Å². The molecule has 0 saturated carbocycles. The van der Waals surface area contributed by atoms with Crippen LogP contribution in [0.1, 0.15) is 60.8 Å². The van der Waals surface area contributed by atoms with Crippen molar-refractivity contribution in [2.24, 2.45) is 0 Å². The van der Waals surface area contributed by atoms with Gasteiger partial charge in [0.2, 0.25) is 40.1 Å². The van der Waals surface area contributed by atoms with E-state index in [1.807, 2.05) is 27.7 Å². The van der Waals surface area contributed by atoms with Crippen LogP contribution in [0.25, 0.3) is 0 Å². The van der Waals surface area contributed by atoms with Crippen LogP contribution < -0.4 is 0 Å². The first-order valence-electron chi connectivity index (χ1n) is 21.9. The summed E-state index contributed by atoms with van der Waals surface area (Å²) in [6, 6.07) is 27.1. The zero-order valence-electron chi connectivity index (χ0n) is 37.5. The van der Waals surface area contributed by atoms with Gasteiger partial charge in [-0.15, -0.1) is 0 Å². The van der Waals surface area contributed by atoms with Gasteiger partial charge in [-0.25, -0.2) is 33.7 Å². The van der Waals surface area contributed by atoms with Gasteiger partial charge < -0.3 is 0 Å². The Kier molecular flexibility index (Phi) is 19.8. The van der Waals surface area contributed by atoms with Gasteiger partial charge in [0, 0.05) is 63.9 Å².